The van der Waals surface area contributed by atoms with Gasteiger partial charge in [-0.1, -0.05) is 16.5 Å². The largest absolute Gasteiger partial charge is 0.498 e. The number of nitrogens with zero attached hydrogens (tertiary/aromatic N) is 2. The van der Waals surface area contributed by atoms with Crippen molar-refractivity contribution >= 4 is 23.5 Å². The van der Waals surface area contributed by atoms with Gasteiger partial charge in [-0.15, -0.1) is 0 Å². The van der Waals surface area contributed by atoms with E-state index in [9.17, 15) is 9.59 Å². The number of carboxylic acid groups (broad SMARTS) is 1. The molecule has 124 valence electrons. The topological polar surface area (TPSA) is 139 Å². The van der Waals surface area contributed by atoms with Gasteiger partial charge in [-0.2, -0.15) is 0 Å². The second kappa shape index (κ2) is 11.6. The first-order chi connectivity index (χ1) is 10.4. The minimum Gasteiger partial charge on any atom is -0.498 e. The molecule has 0 saturated carbocycles. The normalized spacial score (nSPS) is 11.9. The van der Waals surface area contributed by atoms with E-state index in [0.717, 1.165) is 17.8 Å². The van der Waals surface area contributed by atoms with Crippen molar-refractivity contribution in [2.45, 2.75) is 26.4 Å². The molecule has 0 amide bonds. The van der Waals surface area contributed by atoms with Crippen molar-refractivity contribution in [1.29, 1.82) is 0 Å². The molecule has 3 N–H and O–H groups in total. The van der Waals surface area contributed by atoms with Crippen LogP contribution in [0.25, 0.3) is 0 Å². The molecule has 0 fully saturated rings. The number of carbonyl (C=O) groups is 2. The molecule has 1 heterocycles. The summed E-state index contributed by atoms with van der Waals surface area (Å²) in [4.78, 5) is 20.8. The van der Waals surface area contributed by atoms with Gasteiger partial charge in [0, 0.05) is 6.42 Å². The van der Waals surface area contributed by atoms with Crippen LogP contribution in [-0.4, -0.2) is 56.2 Å². The van der Waals surface area contributed by atoms with Crippen LogP contribution >= 0.6 is 11.5 Å². The summed E-state index contributed by atoms with van der Waals surface area (Å²) in [5.74, 6) is -1.23. The third-order valence-electron chi connectivity index (χ3n) is 1.92. The third-order valence-corrected chi connectivity index (χ3v) is 2.40. The fourth-order valence-corrected chi connectivity index (χ4v) is 1.12. The molecule has 1 rings (SSSR count). The Kier molecular flexibility index (Phi) is 10.5. The van der Waals surface area contributed by atoms with E-state index in [1.165, 1.54) is 12.3 Å². The average Bonchev–Trinajstić information content (AvgIpc) is 3.00. The lowest BCUT2D eigenvalue weighted by Crippen LogP contribution is -2.18. The molecule has 0 aliphatic heterocycles. The van der Waals surface area contributed by atoms with Gasteiger partial charge in [0.2, 0.25) is 0 Å². The smallest absolute Gasteiger partial charge is 0.343 e. The second-order valence-corrected chi connectivity index (χ2v) is 4.46. The molecular weight excluding hydrogens is 316 g/mol. The Bertz CT molecular complexity index is 476. The van der Waals surface area contributed by atoms with Gasteiger partial charge in [-0.3, -0.25) is 4.79 Å². The van der Waals surface area contributed by atoms with E-state index in [0.29, 0.717) is 0 Å². The van der Waals surface area contributed by atoms with Gasteiger partial charge in [0.05, 0.1) is 23.8 Å². The molecule has 0 saturated heterocycles. The Morgan fingerprint density at radius 2 is 2.14 bits per heavy atom. The predicted molar refractivity (Wildman–Crippen MR) is 76.3 cm³/mol. The van der Waals surface area contributed by atoms with Crippen molar-refractivity contribution in [1.82, 2.24) is 9.59 Å². The van der Waals surface area contributed by atoms with E-state index in [1.807, 2.05) is 0 Å². The number of ether oxygens (including phenoxy) is 2. The highest BCUT2D eigenvalue weighted by Gasteiger charge is 2.10. The Hall–Kier alpha value is -2.04. The van der Waals surface area contributed by atoms with Gasteiger partial charge < -0.3 is 24.8 Å². The van der Waals surface area contributed by atoms with Crippen LogP contribution in [-0.2, 0) is 14.3 Å². The molecule has 22 heavy (non-hydrogen) atoms. The number of esters is 1. The Morgan fingerprint density at radius 3 is 2.59 bits per heavy atom. The molecular formula is C12H18N2O7S. The molecule has 0 spiro atoms. The van der Waals surface area contributed by atoms with Gasteiger partial charge in [-0.05, 0) is 18.5 Å². The van der Waals surface area contributed by atoms with Crippen molar-refractivity contribution in [3.8, 4) is 5.88 Å². The lowest BCUT2D eigenvalue weighted by atomic mass is 10.3. The van der Waals surface area contributed by atoms with Crippen molar-refractivity contribution in [2.75, 3.05) is 13.2 Å². The van der Waals surface area contributed by atoms with Crippen LogP contribution in [0.3, 0.4) is 0 Å². The Morgan fingerprint density at radius 1 is 1.50 bits per heavy atom. The van der Waals surface area contributed by atoms with Crippen LogP contribution in [0.15, 0.2) is 17.2 Å². The van der Waals surface area contributed by atoms with Gasteiger partial charge >= 0.3 is 11.9 Å². The quantitative estimate of drug-likeness (QED) is 0.362. The minimum absolute atomic E-state index is 0.0978. The maximum absolute atomic E-state index is 11.4. The monoisotopic (exact) mass is 334 g/mol. The molecule has 0 aliphatic rings. The fourth-order valence-electron chi connectivity index (χ4n) is 0.761. The van der Waals surface area contributed by atoms with E-state index >= 15 is 0 Å². The zero-order valence-electron chi connectivity index (χ0n) is 12.1. The van der Waals surface area contributed by atoms with Crippen LogP contribution in [0.1, 0.15) is 20.3 Å². The zero-order valence-corrected chi connectivity index (χ0v) is 12.9. The van der Waals surface area contributed by atoms with Gasteiger partial charge in [0.15, 0.2) is 0 Å². The highest BCUT2D eigenvalue weighted by molar-refractivity contribution is 7.03. The summed E-state index contributed by atoms with van der Waals surface area (Å²) in [6.45, 7) is 2.59. The first-order valence-corrected chi connectivity index (χ1v) is 7.02. The average molecular weight is 334 g/mol. The number of aliphatic hydroxyl groups excluding tert-OH is 2. The number of rotatable bonds is 7. The molecule has 1 unspecified atom stereocenters. The first kappa shape index (κ1) is 20.0. The molecule has 0 bridgehead atoms. The summed E-state index contributed by atoms with van der Waals surface area (Å²) >= 11 is 1.07. The SMILES string of the molecule is CC(=COCC(O)CO)C(=O)Oc1csnn1.CCC(=O)O. The standard InChI is InChI=1S/C9H12N2O5S.C3H6O2/c1-6(3-15-4-7(13)2-12)9(14)16-8-5-17-11-10-8;1-2-3(4)5/h3,5,7,12-13H,2,4H2,1H3;2H2,1H3,(H,4,5). The highest BCUT2D eigenvalue weighted by atomic mass is 32.1. The van der Waals surface area contributed by atoms with Gasteiger partial charge in [0.1, 0.15) is 12.7 Å². The molecule has 0 aromatic carbocycles. The summed E-state index contributed by atoms with van der Waals surface area (Å²) in [7, 11) is 0. The summed E-state index contributed by atoms with van der Waals surface area (Å²) in [5.41, 5.74) is 0.211. The fraction of sp³-hybridized carbons (Fsp3) is 0.500. The number of carboxylic acids is 1. The summed E-state index contributed by atoms with van der Waals surface area (Å²) < 4.78 is 13.3. The lowest BCUT2D eigenvalue weighted by Gasteiger charge is -2.06. The zero-order chi connectivity index (χ0) is 17.0. The molecule has 9 nitrogen and oxygen atoms in total. The Labute approximate surface area is 131 Å². The van der Waals surface area contributed by atoms with E-state index in [-0.39, 0.29) is 24.5 Å². The summed E-state index contributed by atoms with van der Waals surface area (Å²) in [5, 5.41) is 30.3. The Balaban J connectivity index is 0.000000763. The van der Waals surface area contributed by atoms with Gasteiger partial charge in [-0.25, -0.2) is 4.79 Å². The van der Waals surface area contributed by atoms with Crippen LogP contribution in [0.5, 0.6) is 5.88 Å². The van der Waals surface area contributed by atoms with Crippen LogP contribution in [0.4, 0.5) is 0 Å². The van der Waals surface area contributed by atoms with E-state index < -0.39 is 24.6 Å². The van der Waals surface area contributed by atoms with E-state index in [4.69, 9.17) is 24.8 Å². The molecule has 1 atom stereocenters. The highest BCUT2D eigenvalue weighted by Crippen LogP contribution is 2.09. The molecule has 1 aromatic heterocycles. The summed E-state index contributed by atoms with van der Waals surface area (Å²) in [6.07, 6.45) is 0.402. The summed E-state index contributed by atoms with van der Waals surface area (Å²) in [6, 6.07) is 0. The van der Waals surface area contributed by atoms with E-state index in [1.54, 1.807) is 6.92 Å². The predicted octanol–water partition coefficient (Wildman–Crippen LogP) is 0.198. The number of aliphatic carboxylic acids is 1. The molecule has 0 aliphatic carbocycles. The van der Waals surface area contributed by atoms with Gasteiger partial charge in [0.25, 0.3) is 5.88 Å². The third kappa shape index (κ3) is 9.80. The minimum atomic E-state index is -0.974. The molecule has 1 aromatic rings. The van der Waals surface area contributed by atoms with Crippen molar-refractivity contribution in [3.05, 3.63) is 17.2 Å². The van der Waals surface area contributed by atoms with Crippen LogP contribution in [0, 0.1) is 0 Å². The van der Waals surface area contributed by atoms with E-state index in [2.05, 4.69) is 9.59 Å². The number of carbonyl (C=O) groups excluding carboxylic acids is 1. The van der Waals surface area contributed by atoms with Crippen molar-refractivity contribution in [3.63, 3.8) is 0 Å². The van der Waals surface area contributed by atoms with Crippen molar-refractivity contribution in [2.24, 2.45) is 0 Å². The number of aliphatic hydroxyl groups is 2. The van der Waals surface area contributed by atoms with Crippen LogP contribution < -0.4 is 4.74 Å². The molecule has 0 radical (unpaired) electrons. The maximum atomic E-state index is 11.4. The lowest BCUT2D eigenvalue weighted by molar-refractivity contribution is -0.136. The van der Waals surface area contributed by atoms with Crippen LogP contribution in [0.2, 0.25) is 0 Å². The maximum Gasteiger partial charge on any atom is 0.343 e. The second-order valence-electron chi connectivity index (χ2n) is 3.85. The number of hydrogen-bond acceptors (Lipinski definition) is 9. The number of hydrogen-bond donors (Lipinski definition) is 3. The molecule has 10 heteroatoms. The number of aromatic nitrogens is 2. The van der Waals surface area contributed by atoms with Crippen molar-refractivity contribution < 1.29 is 34.4 Å². The first-order valence-electron chi connectivity index (χ1n) is 6.19.